The van der Waals surface area contributed by atoms with Crippen LogP contribution in [-0.2, 0) is 4.79 Å². The van der Waals surface area contributed by atoms with Gasteiger partial charge in [0.25, 0.3) is 5.69 Å². The fourth-order valence-corrected chi connectivity index (χ4v) is 3.85. The number of methoxy groups -OCH3 is 2. The standard InChI is InChI=1S/C26H21ClN2O6/c1-15(10-26(30)28-22-9-8-18(29(31)32)11-25(22)34-3)19-12-20-21(16-4-6-17(27)7-5-16)14-35-24(20)13-23(19)33-2/h4-14H,1-3H3,(H,28,30)/b15-10+. The average Bonchev–Trinajstić information content (AvgIpc) is 3.26. The van der Waals surface area contributed by atoms with Gasteiger partial charge in [0.2, 0.25) is 5.91 Å². The minimum atomic E-state index is -0.533. The largest absolute Gasteiger partial charge is 0.496 e. The molecule has 4 rings (SSSR count). The van der Waals surface area contributed by atoms with Gasteiger partial charge in [0, 0.05) is 39.7 Å². The number of nitrogens with one attached hydrogen (secondary N) is 1. The third-order valence-corrected chi connectivity index (χ3v) is 5.73. The maximum atomic E-state index is 12.8. The molecule has 1 N–H and O–H groups in total. The van der Waals surface area contributed by atoms with Crippen molar-refractivity contribution < 1.29 is 23.6 Å². The van der Waals surface area contributed by atoms with E-state index in [2.05, 4.69) is 5.32 Å². The van der Waals surface area contributed by atoms with Gasteiger partial charge in [-0.3, -0.25) is 14.9 Å². The van der Waals surface area contributed by atoms with Crippen LogP contribution in [0.5, 0.6) is 11.5 Å². The van der Waals surface area contributed by atoms with E-state index in [-0.39, 0.29) is 11.4 Å². The van der Waals surface area contributed by atoms with E-state index in [0.717, 1.165) is 16.5 Å². The zero-order valence-electron chi connectivity index (χ0n) is 19.1. The van der Waals surface area contributed by atoms with E-state index >= 15 is 0 Å². The van der Waals surface area contributed by atoms with E-state index in [1.807, 2.05) is 30.3 Å². The molecule has 0 radical (unpaired) electrons. The highest BCUT2D eigenvalue weighted by molar-refractivity contribution is 6.30. The molecular weight excluding hydrogens is 472 g/mol. The number of nitrogens with zero attached hydrogens (tertiary/aromatic N) is 1. The minimum Gasteiger partial charge on any atom is -0.496 e. The predicted octanol–water partition coefficient (Wildman–Crippen LogP) is 6.72. The number of anilines is 1. The highest BCUT2D eigenvalue weighted by Crippen LogP contribution is 2.38. The number of hydrogen-bond donors (Lipinski definition) is 1. The average molecular weight is 493 g/mol. The molecule has 0 unspecified atom stereocenters. The Morgan fingerprint density at radius 1 is 1.06 bits per heavy atom. The summed E-state index contributed by atoms with van der Waals surface area (Å²) >= 11 is 6.02. The number of nitro benzene ring substituents is 1. The fourth-order valence-electron chi connectivity index (χ4n) is 3.73. The summed E-state index contributed by atoms with van der Waals surface area (Å²) in [5.74, 6) is 0.300. The molecule has 1 heterocycles. The smallest absolute Gasteiger partial charge is 0.273 e. The molecule has 0 aliphatic carbocycles. The van der Waals surface area contributed by atoms with Crippen LogP contribution in [0.3, 0.4) is 0 Å². The van der Waals surface area contributed by atoms with Crippen molar-refractivity contribution in [3.63, 3.8) is 0 Å². The van der Waals surface area contributed by atoms with Crippen LogP contribution in [0.25, 0.3) is 27.7 Å². The first-order valence-corrected chi connectivity index (χ1v) is 10.9. The molecule has 0 saturated carbocycles. The number of fused-ring (bicyclic) bond motifs is 1. The molecule has 0 atom stereocenters. The molecule has 0 aliphatic heterocycles. The number of non-ortho nitro benzene ring substituents is 1. The first-order valence-electron chi connectivity index (χ1n) is 10.5. The SMILES string of the molecule is COc1cc([N+](=O)[O-])ccc1NC(=O)/C=C(\C)c1cc2c(-c3ccc(Cl)cc3)coc2cc1OC. The summed E-state index contributed by atoms with van der Waals surface area (Å²) in [6, 6.07) is 15.1. The van der Waals surface area contributed by atoms with Gasteiger partial charge in [0.05, 0.1) is 37.2 Å². The van der Waals surface area contributed by atoms with Crippen molar-refractivity contribution >= 4 is 45.4 Å². The molecule has 8 nitrogen and oxygen atoms in total. The Hall–Kier alpha value is -4.30. The van der Waals surface area contributed by atoms with E-state index in [0.29, 0.717) is 33.2 Å². The van der Waals surface area contributed by atoms with Crippen molar-refractivity contribution in [3.8, 4) is 22.6 Å². The van der Waals surface area contributed by atoms with Crippen LogP contribution in [0.2, 0.25) is 5.02 Å². The number of carbonyl (C=O) groups excluding carboxylic acids is 1. The first kappa shape index (κ1) is 23.8. The number of halogens is 1. The quantitative estimate of drug-likeness (QED) is 0.174. The van der Waals surface area contributed by atoms with Gasteiger partial charge in [-0.1, -0.05) is 23.7 Å². The fraction of sp³-hybridized carbons (Fsp3) is 0.115. The Balaban J connectivity index is 1.68. The molecule has 0 fully saturated rings. The second-order valence-corrected chi connectivity index (χ2v) is 8.10. The molecule has 4 aromatic rings. The minimum absolute atomic E-state index is 0.138. The third kappa shape index (κ3) is 4.97. The van der Waals surface area contributed by atoms with Crippen molar-refractivity contribution in [1.29, 1.82) is 0 Å². The summed E-state index contributed by atoms with van der Waals surface area (Å²) in [7, 11) is 2.92. The van der Waals surface area contributed by atoms with Crippen molar-refractivity contribution in [2.75, 3.05) is 19.5 Å². The Labute approximate surface area is 205 Å². The van der Waals surface area contributed by atoms with Gasteiger partial charge in [0.15, 0.2) is 0 Å². The maximum Gasteiger partial charge on any atom is 0.273 e. The lowest BCUT2D eigenvalue weighted by atomic mass is 9.99. The monoisotopic (exact) mass is 492 g/mol. The van der Waals surface area contributed by atoms with E-state index in [9.17, 15) is 14.9 Å². The Bertz CT molecular complexity index is 1460. The van der Waals surface area contributed by atoms with Crippen LogP contribution < -0.4 is 14.8 Å². The van der Waals surface area contributed by atoms with Crippen LogP contribution in [0.1, 0.15) is 12.5 Å². The van der Waals surface area contributed by atoms with E-state index in [1.165, 1.54) is 31.4 Å². The lowest BCUT2D eigenvalue weighted by molar-refractivity contribution is -0.384. The van der Waals surface area contributed by atoms with Crippen molar-refractivity contribution in [1.82, 2.24) is 0 Å². The molecule has 1 amide bonds. The molecule has 9 heteroatoms. The maximum absolute atomic E-state index is 12.8. The normalized spacial score (nSPS) is 11.4. The number of carbonyl (C=O) groups is 1. The number of amides is 1. The summed E-state index contributed by atoms with van der Waals surface area (Å²) in [5.41, 5.74) is 3.99. The summed E-state index contributed by atoms with van der Waals surface area (Å²) in [4.78, 5) is 23.2. The number of ether oxygens (including phenoxy) is 2. The predicted molar refractivity (Wildman–Crippen MR) is 135 cm³/mol. The lowest BCUT2D eigenvalue weighted by Gasteiger charge is -2.11. The Kier molecular flexibility index (Phi) is 6.75. The van der Waals surface area contributed by atoms with E-state index in [4.69, 9.17) is 25.5 Å². The lowest BCUT2D eigenvalue weighted by Crippen LogP contribution is -2.10. The Morgan fingerprint density at radius 3 is 2.43 bits per heavy atom. The Morgan fingerprint density at radius 2 is 1.77 bits per heavy atom. The first-order chi connectivity index (χ1) is 16.8. The van der Waals surface area contributed by atoms with Gasteiger partial charge in [0.1, 0.15) is 17.1 Å². The third-order valence-electron chi connectivity index (χ3n) is 5.48. The zero-order chi connectivity index (χ0) is 25.1. The molecule has 178 valence electrons. The van der Waals surface area contributed by atoms with Crippen LogP contribution >= 0.6 is 11.6 Å². The molecule has 0 bridgehead atoms. The van der Waals surface area contributed by atoms with Gasteiger partial charge in [-0.2, -0.15) is 0 Å². The van der Waals surface area contributed by atoms with Gasteiger partial charge < -0.3 is 19.2 Å². The van der Waals surface area contributed by atoms with Gasteiger partial charge >= 0.3 is 0 Å². The molecular formula is C26H21ClN2O6. The second-order valence-electron chi connectivity index (χ2n) is 7.66. The van der Waals surface area contributed by atoms with Gasteiger partial charge in [-0.25, -0.2) is 0 Å². The topological polar surface area (TPSA) is 104 Å². The molecule has 0 spiro atoms. The second kappa shape index (κ2) is 9.90. The highest BCUT2D eigenvalue weighted by Gasteiger charge is 2.16. The van der Waals surface area contributed by atoms with Crippen molar-refractivity contribution in [2.24, 2.45) is 0 Å². The van der Waals surface area contributed by atoms with Gasteiger partial charge in [-0.15, -0.1) is 0 Å². The molecule has 0 aliphatic rings. The van der Waals surface area contributed by atoms with Gasteiger partial charge in [-0.05, 0) is 42.3 Å². The number of benzene rings is 3. The number of rotatable bonds is 7. The number of allylic oxidation sites excluding steroid dienone is 1. The molecule has 3 aromatic carbocycles. The van der Waals surface area contributed by atoms with Crippen LogP contribution in [-0.4, -0.2) is 25.1 Å². The highest BCUT2D eigenvalue weighted by atomic mass is 35.5. The van der Waals surface area contributed by atoms with Crippen LogP contribution in [0.15, 0.2) is 71.4 Å². The molecule has 35 heavy (non-hydrogen) atoms. The summed E-state index contributed by atoms with van der Waals surface area (Å²) < 4.78 is 16.5. The number of hydrogen-bond acceptors (Lipinski definition) is 6. The van der Waals surface area contributed by atoms with Crippen LogP contribution in [0, 0.1) is 10.1 Å². The summed E-state index contributed by atoms with van der Waals surface area (Å²) in [5, 5.41) is 15.2. The van der Waals surface area contributed by atoms with Crippen molar-refractivity contribution in [3.05, 3.63) is 87.6 Å². The summed E-state index contributed by atoms with van der Waals surface area (Å²) in [6.07, 6.45) is 3.09. The molecule has 0 saturated heterocycles. The molecule has 1 aromatic heterocycles. The van der Waals surface area contributed by atoms with Crippen LogP contribution in [0.4, 0.5) is 11.4 Å². The number of nitro groups is 1. The van der Waals surface area contributed by atoms with E-state index in [1.54, 1.807) is 26.4 Å². The number of furan rings is 1. The van der Waals surface area contributed by atoms with Crippen molar-refractivity contribution in [2.45, 2.75) is 6.92 Å². The van der Waals surface area contributed by atoms with E-state index < -0.39 is 10.8 Å². The summed E-state index contributed by atoms with van der Waals surface area (Å²) in [6.45, 7) is 1.79. The zero-order valence-corrected chi connectivity index (χ0v) is 19.9.